The molecule has 0 bridgehead atoms. The van der Waals surface area contributed by atoms with E-state index < -0.39 is 0 Å². The lowest BCUT2D eigenvalue weighted by Gasteiger charge is -2.07. The minimum atomic E-state index is 0.399. The lowest BCUT2D eigenvalue weighted by molar-refractivity contribution is 0.285. The minimum absolute atomic E-state index is 0.399. The zero-order chi connectivity index (χ0) is 11.1. The van der Waals surface area contributed by atoms with E-state index in [0.29, 0.717) is 19.0 Å². The standard InChI is InChI=1S/C11H19N3O/c1-9(2)4-3-5-15-11-8-13-7-10(6-12)14-11/h7-9H,3-6,12H2,1-2H3. The van der Waals surface area contributed by atoms with Gasteiger partial charge in [-0.25, -0.2) is 4.98 Å². The van der Waals surface area contributed by atoms with Gasteiger partial charge in [-0.1, -0.05) is 13.8 Å². The molecule has 0 aliphatic heterocycles. The quantitative estimate of drug-likeness (QED) is 0.725. The predicted octanol–water partition coefficient (Wildman–Crippen LogP) is 1.75. The Kier molecular flexibility index (Phi) is 5.04. The Bertz CT molecular complexity index is 289. The van der Waals surface area contributed by atoms with Crippen LogP contribution in [0.25, 0.3) is 0 Å². The third kappa shape index (κ3) is 4.74. The molecule has 0 atom stereocenters. The summed E-state index contributed by atoms with van der Waals surface area (Å²) in [6, 6.07) is 0. The summed E-state index contributed by atoms with van der Waals surface area (Å²) in [7, 11) is 0. The van der Waals surface area contributed by atoms with E-state index >= 15 is 0 Å². The summed E-state index contributed by atoms with van der Waals surface area (Å²) in [5.41, 5.74) is 6.22. The molecule has 0 saturated carbocycles. The number of ether oxygens (including phenoxy) is 1. The van der Waals surface area contributed by atoms with Crippen molar-refractivity contribution in [3.63, 3.8) is 0 Å². The van der Waals surface area contributed by atoms with Gasteiger partial charge in [0, 0.05) is 12.7 Å². The average molecular weight is 209 g/mol. The molecule has 0 spiro atoms. The van der Waals surface area contributed by atoms with Gasteiger partial charge in [-0.15, -0.1) is 0 Å². The molecule has 1 rings (SSSR count). The topological polar surface area (TPSA) is 61.0 Å². The zero-order valence-electron chi connectivity index (χ0n) is 9.44. The highest BCUT2D eigenvalue weighted by atomic mass is 16.5. The second-order valence-corrected chi connectivity index (χ2v) is 3.94. The fourth-order valence-corrected chi connectivity index (χ4v) is 1.22. The fraction of sp³-hybridized carbons (Fsp3) is 0.636. The first kappa shape index (κ1) is 11.9. The van der Waals surface area contributed by atoms with Gasteiger partial charge < -0.3 is 10.5 Å². The molecule has 0 saturated heterocycles. The highest BCUT2D eigenvalue weighted by Crippen LogP contribution is 2.07. The van der Waals surface area contributed by atoms with E-state index in [-0.39, 0.29) is 0 Å². The molecule has 1 aromatic heterocycles. The number of rotatable bonds is 6. The Morgan fingerprint density at radius 1 is 1.40 bits per heavy atom. The normalized spacial score (nSPS) is 10.7. The molecule has 0 aromatic carbocycles. The molecular weight excluding hydrogens is 190 g/mol. The number of nitrogens with zero attached hydrogens (tertiary/aromatic N) is 2. The van der Waals surface area contributed by atoms with E-state index in [1.807, 2.05) is 0 Å². The van der Waals surface area contributed by atoms with E-state index in [1.165, 1.54) is 6.42 Å². The van der Waals surface area contributed by atoms with Crippen molar-refractivity contribution in [1.82, 2.24) is 9.97 Å². The Balaban J connectivity index is 2.30. The smallest absolute Gasteiger partial charge is 0.232 e. The van der Waals surface area contributed by atoms with Gasteiger partial charge in [0.15, 0.2) is 0 Å². The number of nitrogens with two attached hydrogens (primary N) is 1. The van der Waals surface area contributed by atoms with Gasteiger partial charge in [-0.05, 0) is 18.8 Å². The molecule has 1 heterocycles. The van der Waals surface area contributed by atoms with Crippen LogP contribution >= 0.6 is 0 Å². The second-order valence-electron chi connectivity index (χ2n) is 3.94. The van der Waals surface area contributed by atoms with E-state index in [0.717, 1.165) is 18.0 Å². The first-order valence-electron chi connectivity index (χ1n) is 5.36. The number of hydrogen-bond donors (Lipinski definition) is 1. The maximum Gasteiger partial charge on any atom is 0.232 e. The van der Waals surface area contributed by atoms with Crippen LogP contribution in [-0.2, 0) is 6.54 Å². The van der Waals surface area contributed by atoms with Crippen molar-refractivity contribution in [2.75, 3.05) is 6.61 Å². The fourth-order valence-electron chi connectivity index (χ4n) is 1.22. The van der Waals surface area contributed by atoms with E-state index in [4.69, 9.17) is 10.5 Å². The molecule has 0 aliphatic rings. The van der Waals surface area contributed by atoms with Crippen molar-refractivity contribution in [1.29, 1.82) is 0 Å². The third-order valence-electron chi connectivity index (χ3n) is 2.05. The Labute approximate surface area is 90.9 Å². The first-order chi connectivity index (χ1) is 7.22. The molecule has 4 nitrogen and oxygen atoms in total. The van der Waals surface area contributed by atoms with Crippen LogP contribution in [0.2, 0.25) is 0 Å². The van der Waals surface area contributed by atoms with E-state index in [9.17, 15) is 0 Å². The van der Waals surface area contributed by atoms with Crippen molar-refractivity contribution < 1.29 is 4.74 Å². The van der Waals surface area contributed by atoms with Gasteiger partial charge in [-0.3, -0.25) is 4.98 Å². The van der Waals surface area contributed by atoms with Crippen LogP contribution < -0.4 is 10.5 Å². The molecule has 1 aromatic rings. The minimum Gasteiger partial charge on any atom is -0.477 e. The summed E-state index contributed by atoms with van der Waals surface area (Å²) in [6.07, 6.45) is 5.49. The van der Waals surface area contributed by atoms with Crippen molar-refractivity contribution in [3.8, 4) is 5.88 Å². The number of aromatic nitrogens is 2. The zero-order valence-corrected chi connectivity index (χ0v) is 9.44. The lowest BCUT2D eigenvalue weighted by Crippen LogP contribution is -2.05. The average Bonchev–Trinajstić information content (AvgIpc) is 2.24. The Hall–Kier alpha value is -1.16. The molecule has 0 unspecified atom stereocenters. The van der Waals surface area contributed by atoms with Gasteiger partial charge in [-0.2, -0.15) is 0 Å². The van der Waals surface area contributed by atoms with Crippen LogP contribution in [0, 0.1) is 5.92 Å². The van der Waals surface area contributed by atoms with Gasteiger partial charge in [0.05, 0.1) is 18.5 Å². The van der Waals surface area contributed by atoms with Crippen LogP contribution in [0.3, 0.4) is 0 Å². The second kappa shape index (κ2) is 6.35. The van der Waals surface area contributed by atoms with Gasteiger partial charge >= 0.3 is 0 Å². The molecule has 15 heavy (non-hydrogen) atoms. The van der Waals surface area contributed by atoms with Crippen LogP contribution in [0.4, 0.5) is 0 Å². The van der Waals surface area contributed by atoms with Gasteiger partial charge in [0.25, 0.3) is 0 Å². The van der Waals surface area contributed by atoms with Crippen LogP contribution in [0.1, 0.15) is 32.4 Å². The van der Waals surface area contributed by atoms with Crippen molar-refractivity contribution in [2.45, 2.75) is 33.2 Å². The largest absolute Gasteiger partial charge is 0.477 e. The highest BCUT2D eigenvalue weighted by Gasteiger charge is 1.99. The van der Waals surface area contributed by atoms with Crippen molar-refractivity contribution in [2.24, 2.45) is 11.7 Å². The van der Waals surface area contributed by atoms with Crippen molar-refractivity contribution >= 4 is 0 Å². The summed E-state index contributed by atoms with van der Waals surface area (Å²) >= 11 is 0. The van der Waals surface area contributed by atoms with Crippen LogP contribution in [0.15, 0.2) is 12.4 Å². The SMILES string of the molecule is CC(C)CCCOc1cncc(CN)n1. The first-order valence-corrected chi connectivity index (χ1v) is 5.36. The predicted molar refractivity (Wildman–Crippen MR) is 59.5 cm³/mol. The maximum absolute atomic E-state index is 5.47. The maximum atomic E-state index is 5.47. The molecule has 0 fully saturated rings. The van der Waals surface area contributed by atoms with E-state index in [2.05, 4.69) is 23.8 Å². The summed E-state index contributed by atoms with van der Waals surface area (Å²) in [6.45, 7) is 5.50. The molecule has 84 valence electrons. The molecule has 0 radical (unpaired) electrons. The highest BCUT2D eigenvalue weighted by molar-refractivity contribution is 5.07. The lowest BCUT2D eigenvalue weighted by atomic mass is 10.1. The molecule has 0 amide bonds. The Morgan fingerprint density at radius 2 is 2.20 bits per heavy atom. The third-order valence-corrected chi connectivity index (χ3v) is 2.05. The van der Waals surface area contributed by atoms with Crippen LogP contribution in [0.5, 0.6) is 5.88 Å². The molecule has 2 N–H and O–H groups in total. The summed E-state index contributed by atoms with van der Waals surface area (Å²) in [5, 5.41) is 0. The van der Waals surface area contributed by atoms with Crippen LogP contribution in [-0.4, -0.2) is 16.6 Å². The van der Waals surface area contributed by atoms with Gasteiger partial charge in [0.2, 0.25) is 5.88 Å². The molecule has 4 heteroatoms. The summed E-state index contributed by atoms with van der Waals surface area (Å²) in [5.74, 6) is 1.29. The monoisotopic (exact) mass is 209 g/mol. The Morgan fingerprint density at radius 3 is 2.87 bits per heavy atom. The van der Waals surface area contributed by atoms with Gasteiger partial charge in [0.1, 0.15) is 0 Å². The molecular formula is C11H19N3O. The van der Waals surface area contributed by atoms with E-state index in [1.54, 1.807) is 12.4 Å². The number of hydrogen-bond acceptors (Lipinski definition) is 4. The van der Waals surface area contributed by atoms with Crippen molar-refractivity contribution in [3.05, 3.63) is 18.1 Å². The summed E-state index contributed by atoms with van der Waals surface area (Å²) < 4.78 is 5.47. The summed E-state index contributed by atoms with van der Waals surface area (Å²) in [4.78, 5) is 8.20. The molecule has 0 aliphatic carbocycles.